The Morgan fingerprint density at radius 1 is 1.29 bits per heavy atom. The zero-order valence-electron chi connectivity index (χ0n) is 10.6. The summed E-state index contributed by atoms with van der Waals surface area (Å²) in [5.74, 6) is 1.64. The second-order valence-corrected chi connectivity index (χ2v) is 6.04. The summed E-state index contributed by atoms with van der Waals surface area (Å²) in [6.07, 6.45) is 4.22. The molecular formula is C13H27N. The van der Waals surface area contributed by atoms with Crippen molar-refractivity contribution in [2.75, 3.05) is 6.54 Å². The number of rotatable bonds is 4. The number of hydrogen-bond acceptors (Lipinski definition) is 1. The lowest BCUT2D eigenvalue weighted by molar-refractivity contribution is 0.221. The van der Waals surface area contributed by atoms with Crippen LogP contribution >= 0.6 is 0 Å². The van der Waals surface area contributed by atoms with E-state index in [1.807, 2.05) is 0 Å². The summed E-state index contributed by atoms with van der Waals surface area (Å²) in [6.45, 7) is 12.9. The van der Waals surface area contributed by atoms with E-state index in [-0.39, 0.29) is 0 Å². The SMILES string of the molecule is CC1CCCC1NCC(C)(C)C(C)C. The molecule has 1 aliphatic carbocycles. The third-order valence-electron chi connectivity index (χ3n) is 4.24. The minimum Gasteiger partial charge on any atom is -0.313 e. The molecule has 1 nitrogen and oxygen atoms in total. The molecule has 84 valence electrons. The summed E-state index contributed by atoms with van der Waals surface area (Å²) in [7, 11) is 0. The van der Waals surface area contributed by atoms with Crippen molar-refractivity contribution in [3.63, 3.8) is 0 Å². The van der Waals surface area contributed by atoms with Crippen LogP contribution in [0.1, 0.15) is 53.9 Å². The first-order valence-corrected chi connectivity index (χ1v) is 6.17. The van der Waals surface area contributed by atoms with E-state index in [0.29, 0.717) is 5.41 Å². The largest absolute Gasteiger partial charge is 0.313 e. The summed E-state index contributed by atoms with van der Waals surface area (Å²) < 4.78 is 0. The van der Waals surface area contributed by atoms with E-state index < -0.39 is 0 Å². The Labute approximate surface area is 89.7 Å². The summed E-state index contributed by atoms with van der Waals surface area (Å²) in [4.78, 5) is 0. The topological polar surface area (TPSA) is 12.0 Å². The summed E-state index contributed by atoms with van der Waals surface area (Å²) >= 11 is 0. The van der Waals surface area contributed by atoms with E-state index >= 15 is 0 Å². The molecule has 0 amide bonds. The van der Waals surface area contributed by atoms with Crippen LogP contribution in [0.5, 0.6) is 0 Å². The van der Waals surface area contributed by atoms with Gasteiger partial charge in [0.25, 0.3) is 0 Å². The lowest BCUT2D eigenvalue weighted by atomic mass is 9.81. The second-order valence-electron chi connectivity index (χ2n) is 6.04. The first kappa shape index (κ1) is 12.0. The first-order chi connectivity index (χ1) is 6.43. The van der Waals surface area contributed by atoms with Crippen molar-refractivity contribution < 1.29 is 0 Å². The summed E-state index contributed by atoms with van der Waals surface area (Å²) in [6, 6.07) is 0.785. The van der Waals surface area contributed by atoms with Crippen LogP contribution in [0.4, 0.5) is 0 Å². The zero-order valence-corrected chi connectivity index (χ0v) is 10.6. The molecule has 0 saturated heterocycles. The van der Waals surface area contributed by atoms with Crippen LogP contribution in [0, 0.1) is 17.3 Å². The van der Waals surface area contributed by atoms with Gasteiger partial charge in [-0.25, -0.2) is 0 Å². The molecule has 0 aliphatic heterocycles. The van der Waals surface area contributed by atoms with Gasteiger partial charge in [0, 0.05) is 12.6 Å². The molecule has 0 aromatic carbocycles. The van der Waals surface area contributed by atoms with Gasteiger partial charge in [-0.2, -0.15) is 0 Å². The first-order valence-electron chi connectivity index (χ1n) is 6.17. The Balaban J connectivity index is 2.32. The molecule has 1 aliphatic rings. The molecule has 1 heteroatoms. The van der Waals surface area contributed by atoms with Gasteiger partial charge in [0.1, 0.15) is 0 Å². The van der Waals surface area contributed by atoms with Gasteiger partial charge in [-0.05, 0) is 30.1 Å². The average Bonchev–Trinajstić information content (AvgIpc) is 2.47. The molecule has 0 aromatic rings. The maximum atomic E-state index is 3.75. The number of nitrogens with one attached hydrogen (secondary N) is 1. The van der Waals surface area contributed by atoms with Gasteiger partial charge in [-0.3, -0.25) is 0 Å². The fraction of sp³-hybridized carbons (Fsp3) is 1.00. The highest BCUT2D eigenvalue weighted by atomic mass is 14.9. The highest BCUT2D eigenvalue weighted by Gasteiger charge is 2.27. The van der Waals surface area contributed by atoms with Crippen molar-refractivity contribution in [3.05, 3.63) is 0 Å². The maximum Gasteiger partial charge on any atom is 0.00929 e. The molecule has 1 fully saturated rings. The second kappa shape index (κ2) is 4.65. The highest BCUT2D eigenvalue weighted by Crippen LogP contribution is 2.28. The van der Waals surface area contributed by atoms with E-state index in [1.165, 1.54) is 25.8 Å². The Morgan fingerprint density at radius 2 is 1.93 bits per heavy atom. The van der Waals surface area contributed by atoms with E-state index in [0.717, 1.165) is 17.9 Å². The van der Waals surface area contributed by atoms with Crippen LogP contribution < -0.4 is 5.32 Å². The molecule has 1 N–H and O–H groups in total. The predicted molar refractivity (Wildman–Crippen MR) is 63.4 cm³/mol. The summed E-state index contributed by atoms with van der Waals surface area (Å²) in [5.41, 5.74) is 0.433. The fourth-order valence-corrected chi connectivity index (χ4v) is 2.05. The van der Waals surface area contributed by atoms with Gasteiger partial charge in [0.2, 0.25) is 0 Å². The van der Waals surface area contributed by atoms with Crippen molar-refractivity contribution in [1.82, 2.24) is 5.32 Å². The Hall–Kier alpha value is -0.0400. The van der Waals surface area contributed by atoms with Crippen LogP contribution in [-0.2, 0) is 0 Å². The van der Waals surface area contributed by atoms with Crippen LogP contribution in [0.15, 0.2) is 0 Å². The molecule has 1 rings (SSSR count). The number of hydrogen-bond donors (Lipinski definition) is 1. The Kier molecular flexibility index (Phi) is 4.00. The van der Waals surface area contributed by atoms with E-state index in [4.69, 9.17) is 0 Å². The summed E-state index contributed by atoms with van der Waals surface area (Å²) in [5, 5.41) is 3.75. The third-order valence-corrected chi connectivity index (χ3v) is 4.24. The lowest BCUT2D eigenvalue weighted by Gasteiger charge is -2.32. The minimum atomic E-state index is 0.433. The van der Waals surface area contributed by atoms with Gasteiger partial charge in [0.15, 0.2) is 0 Å². The average molecular weight is 197 g/mol. The molecule has 0 heterocycles. The fourth-order valence-electron chi connectivity index (χ4n) is 2.05. The van der Waals surface area contributed by atoms with Crippen LogP contribution in [0.3, 0.4) is 0 Å². The van der Waals surface area contributed by atoms with Crippen molar-refractivity contribution in [2.45, 2.75) is 59.9 Å². The molecular weight excluding hydrogens is 170 g/mol. The van der Waals surface area contributed by atoms with E-state index in [9.17, 15) is 0 Å². The highest BCUT2D eigenvalue weighted by molar-refractivity contribution is 4.83. The quantitative estimate of drug-likeness (QED) is 0.728. The zero-order chi connectivity index (χ0) is 10.8. The smallest absolute Gasteiger partial charge is 0.00929 e. The molecule has 2 unspecified atom stereocenters. The molecule has 0 radical (unpaired) electrons. The van der Waals surface area contributed by atoms with Gasteiger partial charge >= 0.3 is 0 Å². The molecule has 1 saturated carbocycles. The van der Waals surface area contributed by atoms with Crippen LogP contribution in [0.25, 0.3) is 0 Å². The van der Waals surface area contributed by atoms with Crippen molar-refractivity contribution in [3.8, 4) is 0 Å². The van der Waals surface area contributed by atoms with Gasteiger partial charge in [0.05, 0.1) is 0 Å². The van der Waals surface area contributed by atoms with E-state index in [2.05, 4.69) is 39.9 Å². The third kappa shape index (κ3) is 2.98. The Bertz CT molecular complexity index is 172. The van der Waals surface area contributed by atoms with Gasteiger partial charge in [-0.15, -0.1) is 0 Å². The minimum absolute atomic E-state index is 0.433. The lowest BCUT2D eigenvalue weighted by Crippen LogP contribution is -2.40. The Morgan fingerprint density at radius 3 is 2.36 bits per heavy atom. The molecule has 0 aromatic heterocycles. The molecule has 0 spiro atoms. The molecule has 14 heavy (non-hydrogen) atoms. The van der Waals surface area contributed by atoms with Crippen molar-refractivity contribution in [1.29, 1.82) is 0 Å². The van der Waals surface area contributed by atoms with Crippen LogP contribution in [0.2, 0.25) is 0 Å². The maximum absolute atomic E-state index is 3.75. The molecule has 2 atom stereocenters. The van der Waals surface area contributed by atoms with Crippen molar-refractivity contribution in [2.24, 2.45) is 17.3 Å². The van der Waals surface area contributed by atoms with Gasteiger partial charge < -0.3 is 5.32 Å². The normalized spacial score (nSPS) is 28.7. The van der Waals surface area contributed by atoms with Crippen molar-refractivity contribution >= 4 is 0 Å². The predicted octanol–water partition coefficient (Wildman–Crippen LogP) is 3.45. The van der Waals surface area contributed by atoms with E-state index in [1.54, 1.807) is 0 Å². The van der Waals surface area contributed by atoms with Gasteiger partial charge in [-0.1, -0.05) is 41.0 Å². The van der Waals surface area contributed by atoms with Crippen LogP contribution in [-0.4, -0.2) is 12.6 Å². The standard InChI is InChI=1S/C13H27N/c1-10(2)13(4,5)9-14-12-8-6-7-11(12)3/h10-12,14H,6-9H2,1-5H3. The monoisotopic (exact) mass is 197 g/mol. The molecule has 0 bridgehead atoms.